The predicted octanol–water partition coefficient (Wildman–Crippen LogP) is 2.54. The highest BCUT2D eigenvalue weighted by molar-refractivity contribution is 8.07. The molecule has 154 valence electrons. The molecule has 0 bridgehead atoms. The molecule has 0 saturated carbocycles. The molecule has 1 heterocycles. The smallest absolute Gasteiger partial charge is 0.178 e. The molecule has 5 nitrogen and oxygen atoms in total. The summed E-state index contributed by atoms with van der Waals surface area (Å²) in [5.74, 6) is 0.0271. The first-order valence-corrected chi connectivity index (χ1v) is 11.9. The van der Waals surface area contributed by atoms with E-state index in [9.17, 15) is 8.42 Å². The number of sulfone groups is 1. The van der Waals surface area contributed by atoms with Gasteiger partial charge in [0.15, 0.2) is 9.84 Å². The van der Waals surface area contributed by atoms with Gasteiger partial charge in [-0.2, -0.15) is 0 Å². The van der Waals surface area contributed by atoms with Gasteiger partial charge in [0.05, 0.1) is 16.3 Å². The van der Waals surface area contributed by atoms with Gasteiger partial charge >= 0.3 is 0 Å². The highest BCUT2D eigenvalue weighted by atomic mass is 32.2. The zero-order valence-electron chi connectivity index (χ0n) is 17.0. The fraction of sp³-hybridized carbons (Fsp3) is 0.182. The van der Waals surface area contributed by atoms with Crippen LogP contribution in [0.4, 0.5) is 0 Å². The van der Waals surface area contributed by atoms with Gasteiger partial charge in [0.1, 0.15) is 0 Å². The predicted molar refractivity (Wildman–Crippen MR) is 126 cm³/mol. The minimum absolute atomic E-state index is 0.0271. The Morgan fingerprint density at radius 1 is 1.28 bits per heavy atom. The van der Waals surface area contributed by atoms with Gasteiger partial charge in [0.2, 0.25) is 0 Å². The number of thioether (sulfide) groups is 1. The summed E-state index contributed by atoms with van der Waals surface area (Å²) in [4.78, 5) is 4.36. The van der Waals surface area contributed by atoms with Crippen molar-refractivity contribution >= 4 is 44.7 Å². The standard InChI is InChI=1S/C22H27N3O2S2/c1-6-29(26,27)18-9-7-8-17(11-18)20(13-24)21-19(10-14(2)12-23)15(3)25-22(21)16(4)28-5/h7-13,25H,3-4,6,23-24H2,1-2,5H3/b14-12-,19-10+,20-13-. The number of hydrogen-bond acceptors (Lipinski definition) is 5. The summed E-state index contributed by atoms with van der Waals surface area (Å²) in [6, 6.07) is 6.80. The van der Waals surface area contributed by atoms with Gasteiger partial charge in [-0.3, -0.25) is 0 Å². The van der Waals surface area contributed by atoms with Crippen molar-refractivity contribution in [2.24, 2.45) is 11.5 Å². The third-order valence-corrected chi connectivity index (χ3v) is 7.03. The lowest BCUT2D eigenvalue weighted by molar-refractivity contribution is 0.597. The number of nitrogens with two attached hydrogens (primary N) is 2. The monoisotopic (exact) mass is 429 g/mol. The first kappa shape index (κ1) is 22.6. The molecule has 29 heavy (non-hydrogen) atoms. The molecule has 0 aliphatic heterocycles. The van der Waals surface area contributed by atoms with Crippen LogP contribution in [0.15, 0.2) is 53.7 Å². The summed E-state index contributed by atoms with van der Waals surface area (Å²) in [7, 11) is -3.35. The second-order valence-electron chi connectivity index (χ2n) is 6.46. The minimum Gasteiger partial charge on any atom is -0.404 e. The van der Waals surface area contributed by atoms with Crippen molar-refractivity contribution in [3.05, 3.63) is 76.2 Å². The van der Waals surface area contributed by atoms with Gasteiger partial charge in [-0.15, -0.1) is 11.8 Å². The molecule has 7 heteroatoms. The summed E-state index contributed by atoms with van der Waals surface area (Å²) in [6.45, 7) is 11.8. The van der Waals surface area contributed by atoms with Crippen LogP contribution in [-0.4, -0.2) is 25.4 Å². The molecule has 5 N–H and O–H groups in total. The molecular weight excluding hydrogens is 402 g/mol. The zero-order chi connectivity index (χ0) is 21.8. The van der Waals surface area contributed by atoms with E-state index in [4.69, 9.17) is 11.5 Å². The molecule has 0 saturated heterocycles. The van der Waals surface area contributed by atoms with E-state index in [1.807, 2.05) is 25.3 Å². The number of aromatic nitrogens is 1. The number of hydrogen-bond donors (Lipinski definition) is 3. The van der Waals surface area contributed by atoms with Crippen molar-refractivity contribution in [3.8, 4) is 0 Å². The van der Waals surface area contributed by atoms with Gasteiger partial charge in [0.25, 0.3) is 0 Å². The van der Waals surface area contributed by atoms with Crippen LogP contribution < -0.4 is 22.0 Å². The van der Waals surface area contributed by atoms with E-state index >= 15 is 0 Å². The van der Waals surface area contributed by atoms with Crippen LogP contribution in [0.1, 0.15) is 30.7 Å². The Bertz CT molecular complexity index is 1200. The van der Waals surface area contributed by atoms with Crippen LogP contribution >= 0.6 is 11.8 Å². The molecule has 1 aromatic carbocycles. The lowest BCUT2D eigenvalue weighted by Gasteiger charge is -2.12. The van der Waals surface area contributed by atoms with E-state index in [0.29, 0.717) is 16.5 Å². The normalized spacial score (nSPS) is 13.7. The van der Waals surface area contributed by atoms with Crippen LogP contribution in [0.3, 0.4) is 0 Å². The number of H-pyrrole nitrogens is 1. The molecule has 2 rings (SSSR count). The quantitative estimate of drug-likeness (QED) is 0.628. The highest BCUT2D eigenvalue weighted by Gasteiger charge is 2.19. The van der Waals surface area contributed by atoms with E-state index in [1.165, 1.54) is 24.2 Å². The van der Waals surface area contributed by atoms with Crippen molar-refractivity contribution in [3.63, 3.8) is 0 Å². The molecule has 0 unspecified atom stereocenters. The van der Waals surface area contributed by atoms with Gasteiger partial charge in [-0.05, 0) is 48.7 Å². The van der Waals surface area contributed by atoms with Crippen molar-refractivity contribution < 1.29 is 8.42 Å². The van der Waals surface area contributed by atoms with Gasteiger partial charge < -0.3 is 16.5 Å². The Hall–Kier alpha value is -2.64. The fourth-order valence-electron chi connectivity index (χ4n) is 2.94. The van der Waals surface area contributed by atoms with Crippen LogP contribution in [0.5, 0.6) is 0 Å². The van der Waals surface area contributed by atoms with Gasteiger partial charge in [-0.25, -0.2) is 8.42 Å². The SMILES string of the molecule is C=C(SC)c1[nH]c(=C)/c(=C\C(C)=C/N)c1/C(=C\N)c1cccc(S(=O)(=O)CC)c1. The fourth-order valence-corrected chi connectivity index (χ4v) is 4.22. The Balaban J connectivity index is 2.88. The lowest BCUT2D eigenvalue weighted by atomic mass is 9.96. The van der Waals surface area contributed by atoms with Crippen molar-refractivity contribution in [1.82, 2.24) is 4.98 Å². The number of allylic oxidation sites excluding steroid dienone is 1. The first-order chi connectivity index (χ1) is 13.7. The van der Waals surface area contributed by atoms with Crippen LogP contribution in [0, 0.1) is 0 Å². The molecule has 2 aromatic rings. The Labute approximate surface area is 176 Å². The van der Waals surface area contributed by atoms with Crippen LogP contribution in [0.25, 0.3) is 23.1 Å². The van der Waals surface area contributed by atoms with E-state index in [0.717, 1.165) is 27.0 Å². The van der Waals surface area contributed by atoms with Gasteiger partial charge in [0, 0.05) is 32.8 Å². The molecule has 0 radical (unpaired) electrons. The van der Waals surface area contributed by atoms with E-state index < -0.39 is 9.84 Å². The zero-order valence-corrected chi connectivity index (χ0v) is 18.6. The topological polar surface area (TPSA) is 102 Å². The maximum Gasteiger partial charge on any atom is 0.178 e. The van der Waals surface area contributed by atoms with Crippen LogP contribution in [-0.2, 0) is 9.84 Å². The lowest BCUT2D eigenvalue weighted by Crippen LogP contribution is -2.24. The average molecular weight is 430 g/mol. The van der Waals surface area contributed by atoms with E-state index in [-0.39, 0.29) is 10.6 Å². The molecule has 1 aromatic heterocycles. The minimum atomic E-state index is -3.35. The van der Waals surface area contributed by atoms with Crippen molar-refractivity contribution in [2.45, 2.75) is 18.7 Å². The summed E-state index contributed by atoms with van der Waals surface area (Å²) in [6.07, 6.45) is 6.85. The Morgan fingerprint density at radius 3 is 2.52 bits per heavy atom. The second-order valence-corrected chi connectivity index (χ2v) is 9.64. The summed E-state index contributed by atoms with van der Waals surface area (Å²) >= 11 is 1.50. The summed E-state index contributed by atoms with van der Waals surface area (Å²) in [5, 5.41) is 1.53. The van der Waals surface area contributed by atoms with Crippen molar-refractivity contribution in [1.29, 1.82) is 0 Å². The number of rotatable bonds is 7. The maximum atomic E-state index is 12.4. The third kappa shape index (κ3) is 4.68. The van der Waals surface area contributed by atoms with E-state index in [1.54, 1.807) is 25.1 Å². The van der Waals surface area contributed by atoms with E-state index in [2.05, 4.69) is 18.1 Å². The molecule has 0 spiro atoms. The number of aromatic amines is 1. The summed E-state index contributed by atoms with van der Waals surface area (Å²) < 4.78 is 24.7. The molecule has 0 aliphatic rings. The maximum absolute atomic E-state index is 12.4. The number of nitrogens with one attached hydrogen (secondary N) is 1. The largest absolute Gasteiger partial charge is 0.404 e. The van der Waals surface area contributed by atoms with Gasteiger partial charge in [-0.1, -0.05) is 32.2 Å². The highest BCUT2D eigenvalue weighted by Crippen LogP contribution is 2.30. The first-order valence-electron chi connectivity index (χ1n) is 9.00. The van der Waals surface area contributed by atoms with Crippen LogP contribution in [0.2, 0.25) is 0 Å². The second kappa shape index (κ2) is 9.24. The molecule has 0 atom stereocenters. The molecule has 0 fully saturated rings. The van der Waals surface area contributed by atoms with Crippen molar-refractivity contribution in [2.75, 3.05) is 12.0 Å². The Kier molecular flexibility index (Phi) is 7.21. The molecule has 0 amide bonds. The molecule has 0 aliphatic carbocycles. The molecular formula is C22H27N3O2S2. The number of benzene rings is 1. The summed E-state index contributed by atoms with van der Waals surface area (Å²) in [5.41, 5.74) is 15.5. The average Bonchev–Trinajstić information content (AvgIpc) is 3.04. The third-order valence-electron chi connectivity index (χ3n) is 4.60. The Morgan fingerprint density at radius 2 is 1.97 bits per heavy atom.